The van der Waals surface area contributed by atoms with Crippen LogP contribution in [0.5, 0.6) is 0 Å². The van der Waals surface area contributed by atoms with Gasteiger partial charge in [0.25, 0.3) is 0 Å². The third kappa shape index (κ3) is 1.98. The molecule has 0 radical (unpaired) electrons. The molecular formula is C13H15N3O3. The number of nitrogens with two attached hydrogens (primary N) is 1. The Morgan fingerprint density at radius 2 is 2.21 bits per heavy atom. The Kier molecular flexibility index (Phi) is 2.76. The molecule has 2 aliphatic heterocycles. The second-order valence-corrected chi connectivity index (χ2v) is 4.92. The van der Waals surface area contributed by atoms with E-state index in [0.29, 0.717) is 24.4 Å². The summed E-state index contributed by atoms with van der Waals surface area (Å²) in [7, 11) is 0. The number of carbonyl (C=O) groups excluding carboxylic acids is 2. The maximum absolute atomic E-state index is 12.6. The first kappa shape index (κ1) is 12.1. The Morgan fingerprint density at radius 3 is 2.95 bits per heavy atom. The summed E-state index contributed by atoms with van der Waals surface area (Å²) in [6.07, 6.45) is 0.478. The van der Waals surface area contributed by atoms with Gasteiger partial charge in [0.15, 0.2) is 0 Å². The molecule has 0 spiro atoms. The number of anilines is 2. The van der Waals surface area contributed by atoms with E-state index in [0.717, 1.165) is 0 Å². The Labute approximate surface area is 110 Å². The summed E-state index contributed by atoms with van der Waals surface area (Å²) in [5.74, 6) is -0.470. The quantitative estimate of drug-likeness (QED) is 0.750. The van der Waals surface area contributed by atoms with E-state index in [4.69, 9.17) is 10.5 Å². The van der Waals surface area contributed by atoms with Crippen molar-refractivity contribution in [2.75, 3.05) is 30.0 Å². The molecule has 1 atom stereocenters. The number of carbonyl (C=O) groups is 2. The summed E-state index contributed by atoms with van der Waals surface area (Å²) in [5.41, 5.74) is 6.38. The molecule has 0 aliphatic carbocycles. The lowest BCUT2D eigenvalue weighted by Crippen LogP contribution is -2.58. The van der Waals surface area contributed by atoms with Crippen LogP contribution >= 0.6 is 0 Å². The van der Waals surface area contributed by atoms with Gasteiger partial charge in [-0.1, -0.05) is 12.1 Å². The highest BCUT2D eigenvalue weighted by Gasteiger charge is 2.43. The van der Waals surface area contributed by atoms with Crippen LogP contribution in [-0.2, 0) is 14.3 Å². The normalized spacial score (nSPS) is 25.9. The first-order chi connectivity index (χ1) is 9.10. The fourth-order valence-electron chi connectivity index (χ4n) is 2.43. The second-order valence-electron chi connectivity index (χ2n) is 4.92. The van der Waals surface area contributed by atoms with E-state index in [2.05, 4.69) is 5.32 Å². The van der Waals surface area contributed by atoms with Crippen molar-refractivity contribution in [1.29, 1.82) is 0 Å². The molecule has 1 fully saturated rings. The largest absolute Gasteiger partial charge is 0.379 e. The molecule has 1 aromatic rings. The number of nitrogens with zero attached hydrogens (tertiary/aromatic N) is 1. The first-order valence-corrected chi connectivity index (χ1v) is 6.18. The average molecular weight is 261 g/mol. The van der Waals surface area contributed by atoms with Gasteiger partial charge in [0, 0.05) is 6.61 Å². The molecule has 100 valence electrons. The predicted octanol–water partition coefficient (Wildman–Crippen LogP) is 0.0895. The minimum absolute atomic E-state index is 0.00516. The molecule has 3 rings (SSSR count). The molecule has 6 nitrogen and oxygen atoms in total. The molecule has 2 amide bonds. The van der Waals surface area contributed by atoms with Crippen LogP contribution in [0.2, 0.25) is 0 Å². The zero-order valence-electron chi connectivity index (χ0n) is 10.4. The monoisotopic (exact) mass is 261 g/mol. The number of fused-ring (bicyclic) bond motifs is 1. The van der Waals surface area contributed by atoms with Crippen molar-refractivity contribution < 1.29 is 14.3 Å². The van der Waals surface area contributed by atoms with Gasteiger partial charge in [-0.15, -0.1) is 0 Å². The van der Waals surface area contributed by atoms with Crippen LogP contribution in [0.1, 0.15) is 6.42 Å². The Morgan fingerprint density at radius 1 is 1.42 bits per heavy atom. The molecule has 2 heterocycles. The van der Waals surface area contributed by atoms with Gasteiger partial charge in [-0.25, -0.2) is 0 Å². The Balaban J connectivity index is 1.97. The number of hydrogen-bond acceptors (Lipinski definition) is 4. The summed E-state index contributed by atoms with van der Waals surface area (Å²) < 4.78 is 5.21. The molecule has 3 N–H and O–H groups in total. The van der Waals surface area contributed by atoms with E-state index < -0.39 is 5.54 Å². The van der Waals surface area contributed by atoms with E-state index in [1.54, 1.807) is 12.1 Å². The van der Waals surface area contributed by atoms with Crippen molar-refractivity contribution in [3.8, 4) is 0 Å². The van der Waals surface area contributed by atoms with E-state index in [9.17, 15) is 9.59 Å². The lowest BCUT2D eigenvalue weighted by atomic mass is 9.97. The van der Waals surface area contributed by atoms with Gasteiger partial charge < -0.3 is 15.8 Å². The highest BCUT2D eigenvalue weighted by molar-refractivity contribution is 6.12. The molecule has 0 saturated carbocycles. The third-order valence-corrected chi connectivity index (χ3v) is 3.49. The molecule has 1 aromatic carbocycles. The van der Waals surface area contributed by atoms with Crippen molar-refractivity contribution in [2.24, 2.45) is 5.73 Å². The lowest BCUT2D eigenvalue weighted by Gasteiger charge is -2.34. The van der Waals surface area contributed by atoms with Crippen LogP contribution in [0.4, 0.5) is 11.4 Å². The van der Waals surface area contributed by atoms with Gasteiger partial charge in [-0.2, -0.15) is 0 Å². The summed E-state index contributed by atoms with van der Waals surface area (Å²) in [6.45, 7) is 0.671. The zero-order chi connectivity index (χ0) is 13.5. The van der Waals surface area contributed by atoms with Crippen LogP contribution in [0.3, 0.4) is 0 Å². The molecule has 6 heteroatoms. The minimum Gasteiger partial charge on any atom is -0.379 e. The number of hydrogen-bond donors (Lipinski definition) is 2. The number of rotatable bonds is 1. The van der Waals surface area contributed by atoms with E-state index in [1.807, 2.05) is 12.1 Å². The third-order valence-electron chi connectivity index (χ3n) is 3.49. The number of para-hydroxylation sites is 2. The molecule has 0 bridgehead atoms. The Hall–Kier alpha value is -1.92. The topological polar surface area (TPSA) is 84.7 Å². The van der Waals surface area contributed by atoms with Gasteiger partial charge >= 0.3 is 0 Å². The number of ether oxygens (including phenoxy) is 1. The maximum atomic E-state index is 12.6. The molecule has 0 aromatic heterocycles. The highest BCUT2D eigenvalue weighted by atomic mass is 16.5. The minimum atomic E-state index is -1.02. The predicted molar refractivity (Wildman–Crippen MR) is 69.8 cm³/mol. The van der Waals surface area contributed by atoms with E-state index in [1.165, 1.54) is 4.90 Å². The number of nitrogens with one attached hydrogen (secondary N) is 1. The van der Waals surface area contributed by atoms with Crippen LogP contribution in [0.15, 0.2) is 24.3 Å². The van der Waals surface area contributed by atoms with Gasteiger partial charge in [0.2, 0.25) is 11.8 Å². The SMILES string of the molecule is NC1(C(=O)N2CC(=O)Nc3ccccc32)CCOC1. The van der Waals surface area contributed by atoms with Crippen molar-refractivity contribution in [3.05, 3.63) is 24.3 Å². The molecular weight excluding hydrogens is 246 g/mol. The van der Waals surface area contributed by atoms with E-state index >= 15 is 0 Å². The molecule has 19 heavy (non-hydrogen) atoms. The fraction of sp³-hybridized carbons (Fsp3) is 0.385. The lowest BCUT2D eigenvalue weighted by molar-refractivity contribution is -0.125. The van der Waals surface area contributed by atoms with Crippen LogP contribution in [0.25, 0.3) is 0 Å². The average Bonchev–Trinajstić information content (AvgIpc) is 2.85. The van der Waals surface area contributed by atoms with E-state index in [-0.39, 0.29) is 25.0 Å². The van der Waals surface area contributed by atoms with Crippen LogP contribution in [-0.4, -0.2) is 37.1 Å². The number of benzene rings is 1. The second kappa shape index (κ2) is 4.32. The summed E-state index contributed by atoms with van der Waals surface area (Å²) in [6, 6.07) is 7.20. The maximum Gasteiger partial charge on any atom is 0.250 e. The zero-order valence-corrected chi connectivity index (χ0v) is 10.4. The smallest absolute Gasteiger partial charge is 0.250 e. The molecule has 1 saturated heterocycles. The fourth-order valence-corrected chi connectivity index (χ4v) is 2.43. The summed E-state index contributed by atoms with van der Waals surface area (Å²) in [4.78, 5) is 25.7. The van der Waals surface area contributed by atoms with Crippen molar-refractivity contribution in [3.63, 3.8) is 0 Å². The van der Waals surface area contributed by atoms with Gasteiger partial charge in [-0.3, -0.25) is 14.5 Å². The van der Waals surface area contributed by atoms with Crippen LogP contribution in [0, 0.1) is 0 Å². The molecule has 2 aliphatic rings. The van der Waals surface area contributed by atoms with Crippen molar-refractivity contribution >= 4 is 23.2 Å². The Bertz CT molecular complexity index is 538. The first-order valence-electron chi connectivity index (χ1n) is 6.18. The highest BCUT2D eigenvalue weighted by Crippen LogP contribution is 2.31. The molecule has 1 unspecified atom stereocenters. The van der Waals surface area contributed by atoms with Gasteiger partial charge in [0.1, 0.15) is 12.1 Å². The van der Waals surface area contributed by atoms with Gasteiger partial charge in [0.05, 0.1) is 18.0 Å². The summed E-state index contributed by atoms with van der Waals surface area (Å²) in [5, 5.41) is 2.74. The van der Waals surface area contributed by atoms with Crippen molar-refractivity contribution in [2.45, 2.75) is 12.0 Å². The number of amides is 2. The van der Waals surface area contributed by atoms with Crippen LogP contribution < -0.4 is 16.0 Å². The van der Waals surface area contributed by atoms with Crippen molar-refractivity contribution in [1.82, 2.24) is 0 Å². The standard InChI is InChI=1S/C13H15N3O3/c14-13(5-6-19-8-13)12(18)16-7-11(17)15-9-3-1-2-4-10(9)16/h1-4H,5-8,14H2,(H,15,17). The van der Waals surface area contributed by atoms with Gasteiger partial charge in [-0.05, 0) is 18.6 Å². The summed E-state index contributed by atoms with van der Waals surface area (Å²) >= 11 is 0.